The summed E-state index contributed by atoms with van der Waals surface area (Å²) in [5, 5.41) is 17.0. The molecule has 10 heteroatoms. The van der Waals surface area contributed by atoms with Gasteiger partial charge < -0.3 is 10.2 Å². The SMILES string of the molecule is CC(C(O)C(C)(C)CO)C([P+](O)(O)O)[P+](O)(O)O. The molecule has 0 aliphatic rings. The first-order valence-electron chi connectivity index (χ1n) is 5.18. The fourth-order valence-electron chi connectivity index (χ4n) is 1.81. The van der Waals surface area contributed by atoms with E-state index in [1.54, 1.807) is 0 Å². The van der Waals surface area contributed by atoms with Crippen molar-refractivity contribution >= 4 is 15.9 Å². The second-order valence-electron chi connectivity index (χ2n) is 5.09. The van der Waals surface area contributed by atoms with E-state index in [-0.39, 0.29) is 0 Å². The van der Waals surface area contributed by atoms with E-state index in [1.165, 1.54) is 20.8 Å². The monoisotopic (exact) mass is 308 g/mol. The van der Waals surface area contributed by atoms with Crippen LogP contribution >= 0.6 is 15.9 Å². The summed E-state index contributed by atoms with van der Waals surface area (Å²) >= 11 is 0. The highest BCUT2D eigenvalue weighted by Gasteiger charge is 2.68. The van der Waals surface area contributed by atoms with Crippen LogP contribution in [-0.2, 0) is 0 Å². The molecule has 110 valence electrons. The lowest BCUT2D eigenvalue weighted by Crippen LogP contribution is -2.43. The molecule has 0 aromatic heterocycles. The van der Waals surface area contributed by atoms with Crippen molar-refractivity contribution < 1.29 is 39.6 Å². The fraction of sp³-hybridized carbons (Fsp3) is 1.00. The van der Waals surface area contributed by atoms with Crippen LogP contribution in [0.4, 0.5) is 0 Å². The molecule has 0 heterocycles. The molecule has 8 nitrogen and oxygen atoms in total. The first-order valence-corrected chi connectivity index (χ1v) is 8.61. The Morgan fingerprint density at radius 3 is 1.50 bits per heavy atom. The summed E-state index contributed by atoms with van der Waals surface area (Å²) in [6.07, 6.45) is -1.40. The van der Waals surface area contributed by atoms with Gasteiger partial charge in [-0.15, -0.1) is 0 Å². The van der Waals surface area contributed by atoms with Gasteiger partial charge in [-0.1, -0.05) is 20.8 Å². The summed E-state index contributed by atoms with van der Waals surface area (Å²) in [5.41, 5.74) is -1.08. The number of aliphatic hydroxyl groups is 2. The van der Waals surface area contributed by atoms with Gasteiger partial charge in [0, 0.05) is 5.41 Å². The summed E-state index contributed by atoms with van der Waals surface area (Å²) in [7, 11) is -9.56. The highest BCUT2D eigenvalue weighted by molar-refractivity contribution is 7.77. The third kappa shape index (κ3) is 4.58. The van der Waals surface area contributed by atoms with Crippen molar-refractivity contribution in [3.05, 3.63) is 0 Å². The van der Waals surface area contributed by atoms with E-state index < -0.39 is 45.3 Å². The minimum absolute atomic E-state index is 0.452. The molecule has 18 heavy (non-hydrogen) atoms. The van der Waals surface area contributed by atoms with E-state index >= 15 is 0 Å². The van der Waals surface area contributed by atoms with Gasteiger partial charge in [0.05, 0.1) is 18.6 Å². The number of hydrogen-bond donors (Lipinski definition) is 8. The minimum atomic E-state index is -4.78. The maximum absolute atomic E-state index is 9.95. The zero-order chi connectivity index (χ0) is 14.9. The average Bonchev–Trinajstić information content (AvgIpc) is 2.11. The summed E-state index contributed by atoms with van der Waals surface area (Å²) in [5.74, 6) is -1.26. The second kappa shape index (κ2) is 5.89. The molecular weight excluding hydrogens is 286 g/mol. The summed E-state index contributed by atoms with van der Waals surface area (Å²) in [6, 6.07) is 0. The molecule has 0 fully saturated rings. The molecule has 0 aromatic carbocycles. The van der Waals surface area contributed by atoms with Crippen LogP contribution in [0.2, 0.25) is 0 Å². The summed E-state index contributed by atoms with van der Waals surface area (Å²) < 4.78 is 0. The van der Waals surface area contributed by atoms with Gasteiger partial charge in [0.25, 0.3) is 0 Å². The molecule has 2 unspecified atom stereocenters. The first kappa shape index (κ1) is 18.5. The number of aliphatic hydroxyl groups excluding tert-OH is 2. The van der Waals surface area contributed by atoms with Gasteiger partial charge in [0.15, 0.2) is 0 Å². The van der Waals surface area contributed by atoms with Gasteiger partial charge >= 0.3 is 21.3 Å². The quantitative estimate of drug-likeness (QED) is 0.284. The molecule has 2 atom stereocenters. The molecule has 0 aliphatic heterocycles. The van der Waals surface area contributed by atoms with Gasteiger partial charge in [0.1, 0.15) is 0 Å². The molecule has 0 aromatic rings. The Morgan fingerprint density at radius 2 is 1.28 bits per heavy atom. The molecule has 0 radical (unpaired) electrons. The predicted octanol–water partition coefficient (Wildman–Crippen LogP) is -1.19. The van der Waals surface area contributed by atoms with Gasteiger partial charge in [-0.25, -0.2) is 0 Å². The van der Waals surface area contributed by atoms with Crippen molar-refractivity contribution in [2.24, 2.45) is 11.3 Å². The maximum atomic E-state index is 9.95. The molecular formula is C8H22O8P2+2. The highest BCUT2D eigenvalue weighted by atomic mass is 31.3. The normalized spacial score (nSPS) is 18.0. The van der Waals surface area contributed by atoms with Gasteiger partial charge in [0.2, 0.25) is 0 Å². The van der Waals surface area contributed by atoms with E-state index in [4.69, 9.17) is 34.5 Å². The lowest BCUT2D eigenvalue weighted by Gasteiger charge is -2.34. The maximum Gasteiger partial charge on any atom is 0.455 e. The van der Waals surface area contributed by atoms with Crippen molar-refractivity contribution in [3.63, 3.8) is 0 Å². The fourth-order valence-corrected chi connectivity index (χ4v) is 5.06. The lowest BCUT2D eigenvalue weighted by molar-refractivity contribution is -0.0253. The van der Waals surface area contributed by atoms with Crippen LogP contribution in [0.15, 0.2) is 0 Å². The Hall–Kier alpha value is 0.540. The zero-order valence-electron chi connectivity index (χ0n) is 10.4. The topological polar surface area (TPSA) is 162 Å². The van der Waals surface area contributed by atoms with Gasteiger partial charge in [-0.05, 0) is 0 Å². The standard InChI is InChI=1S/C8H22O8P2/c1-5(6(10)8(2,3)4-9)7(17(11,12)13)18(14,15)16/h5-7,9-16H,4H2,1-3H3/q+2. The largest absolute Gasteiger partial charge is 0.455 e. The molecule has 0 saturated carbocycles. The Kier molecular flexibility index (Phi) is 6.07. The third-order valence-electron chi connectivity index (χ3n) is 2.89. The Labute approximate surface area is 106 Å². The molecule has 0 aliphatic carbocycles. The average molecular weight is 308 g/mol. The minimum Gasteiger partial charge on any atom is -0.396 e. The first-order chi connectivity index (χ1) is 7.75. The summed E-state index contributed by atoms with van der Waals surface area (Å²) in [4.78, 5) is 55.0. The number of rotatable bonds is 6. The third-order valence-corrected chi connectivity index (χ3v) is 7.11. The zero-order valence-corrected chi connectivity index (χ0v) is 12.2. The van der Waals surface area contributed by atoms with E-state index in [1.807, 2.05) is 0 Å². The van der Waals surface area contributed by atoms with E-state index in [2.05, 4.69) is 0 Å². The van der Waals surface area contributed by atoms with Crippen LogP contribution in [0.25, 0.3) is 0 Å². The van der Waals surface area contributed by atoms with Crippen LogP contribution < -0.4 is 0 Å². The summed E-state index contributed by atoms with van der Waals surface area (Å²) in [6.45, 7) is 3.68. The van der Waals surface area contributed by atoms with Crippen molar-refractivity contribution in [2.45, 2.75) is 32.3 Å². The second-order valence-corrected chi connectivity index (χ2v) is 9.07. The molecule has 0 amide bonds. The Morgan fingerprint density at radius 1 is 0.944 bits per heavy atom. The highest BCUT2D eigenvalue weighted by Crippen LogP contribution is 2.72. The Balaban J connectivity index is 5.30. The molecule has 0 bridgehead atoms. The lowest BCUT2D eigenvalue weighted by atomic mass is 9.81. The molecule has 0 saturated heterocycles. The predicted molar refractivity (Wildman–Crippen MR) is 67.0 cm³/mol. The molecule has 8 N–H and O–H groups in total. The molecule has 0 spiro atoms. The smallest absolute Gasteiger partial charge is 0.396 e. The van der Waals surface area contributed by atoms with Crippen molar-refractivity contribution in [2.75, 3.05) is 6.61 Å². The van der Waals surface area contributed by atoms with Crippen molar-refractivity contribution in [1.29, 1.82) is 0 Å². The van der Waals surface area contributed by atoms with Crippen LogP contribution in [-0.4, -0.2) is 57.7 Å². The van der Waals surface area contributed by atoms with Crippen LogP contribution in [0.1, 0.15) is 20.8 Å². The van der Waals surface area contributed by atoms with Gasteiger partial charge in [-0.3, -0.25) is 0 Å². The number of hydrogen-bond acceptors (Lipinski definition) is 8. The van der Waals surface area contributed by atoms with Gasteiger partial charge in [-0.2, -0.15) is 29.4 Å². The van der Waals surface area contributed by atoms with Crippen LogP contribution in [0, 0.1) is 11.3 Å². The van der Waals surface area contributed by atoms with Crippen molar-refractivity contribution in [3.8, 4) is 0 Å². The van der Waals surface area contributed by atoms with E-state index in [0.29, 0.717) is 0 Å². The van der Waals surface area contributed by atoms with E-state index in [0.717, 1.165) is 0 Å². The van der Waals surface area contributed by atoms with E-state index in [9.17, 15) is 5.11 Å². The molecule has 0 rings (SSSR count). The van der Waals surface area contributed by atoms with Crippen molar-refractivity contribution in [1.82, 2.24) is 0 Å². The van der Waals surface area contributed by atoms with Crippen LogP contribution in [0.3, 0.4) is 0 Å². The Bertz CT molecular complexity index is 257. The van der Waals surface area contributed by atoms with Crippen LogP contribution in [0.5, 0.6) is 0 Å².